The second kappa shape index (κ2) is 5.87. The van der Waals surface area contributed by atoms with Gasteiger partial charge >= 0.3 is 5.69 Å². The van der Waals surface area contributed by atoms with Crippen LogP contribution in [0.15, 0.2) is 41.7 Å². The molecule has 8 heteroatoms. The van der Waals surface area contributed by atoms with Crippen LogP contribution in [-0.4, -0.2) is 21.0 Å². The fourth-order valence-electron chi connectivity index (χ4n) is 1.72. The van der Waals surface area contributed by atoms with Crippen molar-refractivity contribution < 1.29 is 14.9 Å². The first kappa shape index (κ1) is 14.3. The van der Waals surface area contributed by atoms with Crippen molar-refractivity contribution in [3.63, 3.8) is 0 Å². The summed E-state index contributed by atoms with van der Waals surface area (Å²) in [4.78, 5) is 14.5. The van der Waals surface area contributed by atoms with Crippen LogP contribution in [0.5, 0.6) is 11.5 Å². The molecule has 0 aliphatic carbocycles. The van der Waals surface area contributed by atoms with Gasteiger partial charge in [0.05, 0.1) is 11.1 Å². The number of oxime groups is 1. The van der Waals surface area contributed by atoms with Crippen LogP contribution in [0.1, 0.15) is 11.3 Å². The third-order valence-electron chi connectivity index (χ3n) is 2.72. The Hall–Kier alpha value is -3.16. The molecule has 2 rings (SSSR count). The standard InChI is InChI=1S/C13H12N4O4/c1-8-3-2-4-11(12(8)17(19)20)21-9-5-6-10(15-7-9)13(14)16-18/h2-7,18H,1H3,(H2,14,16). The van der Waals surface area contributed by atoms with Crippen molar-refractivity contribution in [1.29, 1.82) is 0 Å². The first-order valence-electron chi connectivity index (χ1n) is 5.88. The van der Waals surface area contributed by atoms with Crippen molar-refractivity contribution in [2.24, 2.45) is 10.9 Å². The average molecular weight is 288 g/mol. The quantitative estimate of drug-likeness (QED) is 0.292. The molecule has 0 bridgehead atoms. The predicted molar refractivity (Wildman–Crippen MR) is 74.7 cm³/mol. The van der Waals surface area contributed by atoms with Crippen LogP contribution in [0.4, 0.5) is 5.69 Å². The summed E-state index contributed by atoms with van der Waals surface area (Å²) in [5.41, 5.74) is 6.05. The van der Waals surface area contributed by atoms with E-state index in [9.17, 15) is 10.1 Å². The Bertz CT molecular complexity index is 698. The molecule has 2 aromatic rings. The minimum Gasteiger partial charge on any atom is -0.448 e. The number of para-hydroxylation sites is 1. The van der Waals surface area contributed by atoms with E-state index in [0.717, 1.165) is 0 Å². The molecule has 0 aliphatic heterocycles. The number of nitro benzene ring substituents is 1. The van der Waals surface area contributed by atoms with Crippen LogP contribution in [0.3, 0.4) is 0 Å². The molecule has 1 aromatic carbocycles. The molecule has 3 N–H and O–H groups in total. The first-order valence-corrected chi connectivity index (χ1v) is 5.88. The molecule has 0 fully saturated rings. The van der Waals surface area contributed by atoms with Gasteiger partial charge in [-0.1, -0.05) is 17.3 Å². The Morgan fingerprint density at radius 3 is 2.76 bits per heavy atom. The van der Waals surface area contributed by atoms with E-state index in [1.807, 2.05) is 0 Å². The van der Waals surface area contributed by atoms with Crippen LogP contribution in [0.25, 0.3) is 0 Å². The summed E-state index contributed by atoms with van der Waals surface area (Å²) >= 11 is 0. The Morgan fingerprint density at radius 2 is 2.19 bits per heavy atom. The fourth-order valence-corrected chi connectivity index (χ4v) is 1.72. The number of rotatable bonds is 4. The number of aromatic nitrogens is 1. The van der Waals surface area contributed by atoms with Crippen molar-refractivity contribution in [3.05, 3.63) is 57.9 Å². The van der Waals surface area contributed by atoms with Gasteiger partial charge in [0.15, 0.2) is 5.84 Å². The van der Waals surface area contributed by atoms with Crippen LogP contribution in [-0.2, 0) is 0 Å². The van der Waals surface area contributed by atoms with E-state index in [1.54, 1.807) is 19.1 Å². The number of nitrogens with zero attached hydrogens (tertiary/aromatic N) is 3. The van der Waals surface area contributed by atoms with Gasteiger partial charge in [0.1, 0.15) is 11.4 Å². The van der Waals surface area contributed by atoms with Gasteiger partial charge in [0.2, 0.25) is 5.75 Å². The average Bonchev–Trinajstić information content (AvgIpc) is 2.47. The van der Waals surface area contributed by atoms with Crippen molar-refractivity contribution in [3.8, 4) is 11.5 Å². The number of benzene rings is 1. The monoisotopic (exact) mass is 288 g/mol. The predicted octanol–water partition coefficient (Wildman–Crippen LogP) is 2.19. The van der Waals surface area contributed by atoms with E-state index in [2.05, 4.69) is 10.1 Å². The van der Waals surface area contributed by atoms with E-state index < -0.39 is 4.92 Å². The molecule has 0 saturated heterocycles. The minimum atomic E-state index is -0.497. The molecule has 0 spiro atoms. The lowest BCUT2D eigenvalue weighted by Crippen LogP contribution is -2.14. The fraction of sp³-hybridized carbons (Fsp3) is 0.0769. The summed E-state index contributed by atoms with van der Waals surface area (Å²) in [6.45, 7) is 1.63. The number of nitro groups is 1. The van der Waals surface area contributed by atoms with Gasteiger partial charge < -0.3 is 15.7 Å². The Morgan fingerprint density at radius 1 is 1.43 bits per heavy atom. The lowest BCUT2D eigenvalue weighted by molar-refractivity contribution is -0.386. The van der Waals surface area contributed by atoms with Crippen molar-refractivity contribution in [2.75, 3.05) is 0 Å². The van der Waals surface area contributed by atoms with Gasteiger partial charge in [-0.15, -0.1) is 0 Å². The Labute approximate surface area is 119 Å². The van der Waals surface area contributed by atoms with E-state index in [-0.39, 0.29) is 23.0 Å². The zero-order chi connectivity index (χ0) is 15.4. The van der Waals surface area contributed by atoms with Gasteiger partial charge in [-0.2, -0.15) is 0 Å². The summed E-state index contributed by atoms with van der Waals surface area (Å²) in [7, 11) is 0. The third kappa shape index (κ3) is 3.06. The highest BCUT2D eigenvalue weighted by Crippen LogP contribution is 2.33. The SMILES string of the molecule is Cc1cccc(Oc2ccc(/C(N)=N/O)nc2)c1[N+](=O)[O-]. The highest BCUT2D eigenvalue weighted by molar-refractivity contribution is 5.95. The first-order chi connectivity index (χ1) is 10.0. The summed E-state index contributed by atoms with van der Waals surface area (Å²) in [5, 5.41) is 22.4. The summed E-state index contributed by atoms with van der Waals surface area (Å²) in [6, 6.07) is 7.79. The largest absolute Gasteiger partial charge is 0.448 e. The van der Waals surface area contributed by atoms with Crippen LogP contribution < -0.4 is 10.5 Å². The summed E-state index contributed by atoms with van der Waals surface area (Å²) in [5.74, 6) is 0.291. The van der Waals surface area contributed by atoms with Crippen LogP contribution in [0.2, 0.25) is 0 Å². The molecule has 108 valence electrons. The number of amidine groups is 1. The number of pyridine rings is 1. The molecule has 0 aliphatic rings. The molecular weight excluding hydrogens is 276 g/mol. The molecular formula is C13H12N4O4. The zero-order valence-corrected chi connectivity index (χ0v) is 11.1. The summed E-state index contributed by atoms with van der Waals surface area (Å²) in [6.07, 6.45) is 1.33. The lowest BCUT2D eigenvalue weighted by Gasteiger charge is -2.07. The van der Waals surface area contributed by atoms with Gasteiger partial charge in [0, 0.05) is 5.56 Å². The second-order valence-electron chi connectivity index (χ2n) is 4.15. The maximum atomic E-state index is 11.1. The van der Waals surface area contributed by atoms with Gasteiger partial charge in [-0.05, 0) is 25.1 Å². The normalized spacial score (nSPS) is 11.2. The molecule has 1 aromatic heterocycles. The van der Waals surface area contributed by atoms with E-state index in [1.165, 1.54) is 24.4 Å². The number of aryl methyl sites for hydroxylation is 1. The number of nitrogens with two attached hydrogens (primary N) is 1. The summed E-state index contributed by atoms with van der Waals surface area (Å²) < 4.78 is 5.47. The molecule has 0 unspecified atom stereocenters. The van der Waals surface area contributed by atoms with Gasteiger partial charge in [-0.3, -0.25) is 10.1 Å². The topological polar surface area (TPSA) is 124 Å². The van der Waals surface area contributed by atoms with Crippen LogP contribution >= 0.6 is 0 Å². The van der Waals surface area contributed by atoms with E-state index in [4.69, 9.17) is 15.7 Å². The highest BCUT2D eigenvalue weighted by Gasteiger charge is 2.18. The molecule has 0 atom stereocenters. The van der Waals surface area contributed by atoms with Gasteiger partial charge in [-0.25, -0.2) is 4.98 Å². The minimum absolute atomic E-state index is 0.0991. The zero-order valence-electron chi connectivity index (χ0n) is 11.1. The highest BCUT2D eigenvalue weighted by atomic mass is 16.6. The Balaban J connectivity index is 2.31. The lowest BCUT2D eigenvalue weighted by atomic mass is 10.2. The molecule has 8 nitrogen and oxygen atoms in total. The number of ether oxygens (including phenoxy) is 1. The third-order valence-corrected chi connectivity index (χ3v) is 2.72. The molecule has 21 heavy (non-hydrogen) atoms. The van der Waals surface area contributed by atoms with E-state index >= 15 is 0 Å². The maximum absolute atomic E-state index is 11.1. The van der Waals surface area contributed by atoms with Crippen LogP contribution in [0, 0.1) is 17.0 Å². The number of hydrogen-bond donors (Lipinski definition) is 2. The smallest absolute Gasteiger partial charge is 0.314 e. The molecule has 1 heterocycles. The van der Waals surface area contributed by atoms with Gasteiger partial charge in [0.25, 0.3) is 0 Å². The molecule has 0 radical (unpaired) electrons. The van der Waals surface area contributed by atoms with Crippen molar-refractivity contribution in [1.82, 2.24) is 4.98 Å². The second-order valence-corrected chi connectivity index (χ2v) is 4.15. The molecule has 0 saturated carbocycles. The Kier molecular flexibility index (Phi) is 3.98. The molecule has 0 amide bonds. The van der Waals surface area contributed by atoms with Crippen molar-refractivity contribution >= 4 is 11.5 Å². The number of hydrogen-bond acceptors (Lipinski definition) is 6. The van der Waals surface area contributed by atoms with E-state index in [0.29, 0.717) is 11.3 Å². The van der Waals surface area contributed by atoms with Crippen molar-refractivity contribution in [2.45, 2.75) is 6.92 Å². The maximum Gasteiger partial charge on any atom is 0.314 e.